The van der Waals surface area contributed by atoms with Gasteiger partial charge in [-0.1, -0.05) is 45.3 Å². The molecule has 0 spiro atoms. The van der Waals surface area contributed by atoms with Crippen molar-refractivity contribution in [3.05, 3.63) is 59.0 Å². The van der Waals surface area contributed by atoms with E-state index in [2.05, 4.69) is 39.4 Å². The number of H-pyrrole nitrogens is 1. The zero-order chi connectivity index (χ0) is 20.0. The van der Waals surface area contributed by atoms with E-state index in [4.69, 9.17) is 4.74 Å². The standard InChI is InChI=1S/C18H14N2O2S.2C2H6/c1-20-10-12-7-13(22-2)4-6-14(12)15-5-3-11(8-16(15)20)17-9-18(21)19-23-17;2*1-2/h3-10H,1-2H3;2*1-2H3/p+1. The summed E-state index contributed by atoms with van der Waals surface area (Å²) in [5, 5.41) is 3.50. The Kier molecular flexibility index (Phi) is 7.13. The number of fused-ring (bicyclic) bond motifs is 3. The van der Waals surface area contributed by atoms with Gasteiger partial charge >= 0.3 is 0 Å². The molecule has 2 aromatic heterocycles. The lowest BCUT2D eigenvalue weighted by molar-refractivity contribution is -0.643. The SMILES string of the molecule is CC.CC.COc1ccc2c(c1)c[n+](C)c1cc(-c3cc(=O)[nH]s3)ccc21. The molecule has 0 aliphatic rings. The molecule has 27 heavy (non-hydrogen) atoms. The number of methoxy groups -OCH3 is 1. The van der Waals surface area contributed by atoms with Crippen LogP contribution in [-0.2, 0) is 7.05 Å². The molecule has 5 heteroatoms. The Morgan fingerprint density at radius 1 is 0.963 bits per heavy atom. The lowest BCUT2D eigenvalue weighted by Gasteiger charge is -2.06. The van der Waals surface area contributed by atoms with Gasteiger partial charge in [-0.05, 0) is 29.8 Å². The maximum atomic E-state index is 11.4. The van der Waals surface area contributed by atoms with Crippen LogP contribution in [0.1, 0.15) is 27.7 Å². The molecule has 0 bridgehead atoms. The van der Waals surface area contributed by atoms with Gasteiger partial charge in [-0.15, -0.1) is 0 Å². The van der Waals surface area contributed by atoms with Crippen LogP contribution in [0.4, 0.5) is 0 Å². The van der Waals surface area contributed by atoms with Crippen molar-refractivity contribution in [2.24, 2.45) is 7.05 Å². The van der Waals surface area contributed by atoms with Gasteiger partial charge in [0.05, 0.1) is 22.8 Å². The molecule has 0 amide bonds. The summed E-state index contributed by atoms with van der Waals surface area (Å²) < 4.78 is 10.2. The van der Waals surface area contributed by atoms with Crippen molar-refractivity contribution in [3.8, 4) is 16.2 Å². The van der Waals surface area contributed by atoms with E-state index in [9.17, 15) is 4.79 Å². The minimum atomic E-state index is -0.0555. The number of aromatic nitrogens is 2. The molecule has 0 saturated heterocycles. The third-order valence-electron chi connectivity index (χ3n) is 4.07. The highest BCUT2D eigenvalue weighted by atomic mass is 32.1. The Bertz CT molecular complexity index is 1100. The van der Waals surface area contributed by atoms with Gasteiger partial charge in [0.15, 0.2) is 6.20 Å². The summed E-state index contributed by atoms with van der Waals surface area (Å²) in [5.41, 5.74) is 2.12. The Balaban J connectivity index is 0.000000614. The highest BCUT2D eigenvalue weighted by Gasteiger charge is 2.13. The van der Waals surface area contributed by atoms with Crippen molar-refractivity contribution >= 4 is 33.2 Å². The maximum Gasteiger partial charge on any atom is 0.258 e. The number of nitrogens with one attached hydrogen (secondary N) is 1. The summed E-state index contributed by atoms with van der Waals surface area (Å²) in [4.78, 5) is 12.3. The quantitative estimate of drug-likeness (QED) is 0.377. The van der Waals surface area contributed by atoms with Crippen molar-refractivity contribution < 1.29 is 9.30 Å². The highest BCUT2D eigenvalue weighted by Crippen LogP contribution is 2.29. The number of nitrogens with zero attached hydrogens (tertiary/aromatic N) is 1. The highest BCUT2D eigenvalue weighted by molar-refractivity contribution is 7.09. The Hall–Kier alpha value is -2.66. The molecule has 0 saturated carbocycles. The van der Waals surface area contributed by atoms with Gasteiger partial charge in [-0.2, -0.15) is 0 Å². The van der Waals surface area contributed by atoms with E-state index in [-0.39, 0.29) is 5.56 Å². The second-order valence-electron chi connectivity index (χ2n) is 5.50. The summed E-state index contributed by atoms with van der Waals surface area (Å²) in [6.45, 7) is 8.00. The topological polar surface area (TPSA) is 46.0 Å². The molecule has 0 radical (unpaired) electrons. The molecule has 4 aromatic rings. The van der Waals surface area contributed by atoms with E-state index in [0.717, 1.165) is 27.1 Å². The monoisotopic (exact) mass is 383 g/mol. The first-order valence-corrected chi connectivity index (χ1v) is 10.1. The Morgan fingerprint density at radius 2 is 1.67 bits per heavy atom. The maximum absolute atomic E-state index is 11.4. The molecule has 0 unspecified atom stereocenters. The van der Waals surface area contributed by atoms with E-state index in [1.54, 1.807) is 13.2 Å². The second-order valence-corrected chi connectivity index (χ2v) is 6.35. The van der Waals surface area contributed by atoms with Crippen LogP contribution in [0, 0.1) is 0 Å². The molecule has 0 aliphatic carbocycles. The number of hydrogen-bond donors (Lipinski definition) is 1. The van der Waals surface area contributed by atoms with Gasteiger partial charge in [0.1, 0.15) is 12.8 Å². The van der Waals surface area contributed by atoms with Crippen LogP contribution in [-0.4, -0.2) is 11.5 Å². The van der Waals surface area contributed by atoms with Crippen molar-refractivity contribution in [1.82, 2.24) is 4.37 Å². The fourth-order valence-electron chi connectivity index (χ4n) is 2.93. The first-order valence-electron chi connectivity index (χ1n) is 9.25. The number of rotatable bonds is 2. The van der Waals surface area contributed by atoms with Crippen LogP contribution >= 0.6 is 11.5 Å². The largest absolute Gasteiger partial charge is 0.497 e. The Labute approximate surface area is 164 Å². The van der Waals surface area contributed by atoms with Crippen LogP contribution in [0.5, 0.6) is 5.75 Å². The van der Waals surface area contributed by atoms with Crippen LogP contribution < -0.4 is 14.9 Å². The van der Waals surface area contributed by atoms with Crippen molar-refractivity contribution in [3.63, 3.8) is 0 Å². The lowest BCUT2D eigenvalue weighted by atomic mass is 10.0. The molecule has 0 fully saturated rings. The smallest absolute Gasteiger partial charge is 0.258 e. The molecule has 2 aromatic carbocycles. The lowest BCUT2D eigenvalue weighted by Crippen LogP contribution is -2.28. The van der Waals surface area contributed by atoms with Crippen molar-refractivity contribution in [1.29, 1.82) is 0 Å². The summed E-state index contributed by atoms with van der Waals surface area (Å²) >= 11 is 1.36. The van der Waals surface area contributed by atoms with Gasteiger partial charge in [-0.3, -0.25) is 9.17 Å². The summed E-state index contributed by atoms with van der Waals surface area (Å²) in [7, 11) is 3.71. The van der Waals surface area contributed by atoms with Gasteiger partial charge in [0.2, 0.25) is 5.52 Å². The Morgan fingerprint density at radius 3 is 2.30 bits per heavy atom. The molecular formula is C22H27N2O2S+. The number of hydrogen-bond acceptors (Lipinski definition) is 3. The zero-order valence-corrected chi connectivity index (χ0v) is 17.6. The van der Waals surface area contributed by atoms with Gasteiger partial charge in [-0.25, -0.2) is 4.57 Å². The first kappa shape index (κ1) is 20.6. The third-order valence-corrected chi connectivity index (χ3v) is 4.94. The van der Waals surface area contributed by atoms with Crippen LogP contribution in [0.3, 0.4) is 0 Å². The third kappa shape index (κ3) is 4.19. The number of aromatic amines is 1. The summed E-state index contributed by atoms with van der Waals surface area (Å²) in [6.07, 6.45) is 2.10. The van der Waals surface area contributed by atoms with E-state index < -0.39 is 0 Å². The van der Waals surface area contributed by atoms with E-state index in [0.29, 0.717) is 0 Å². The molecule has 1 N–H and O–H groups in total. The second kappa shape index (κ2) is 9.33. The van der Waals surface area contributed by atoms with Gasteiger partial charge < -0.3 is 4.74 Å². The molecule has 0 aliphatic heterocycles. The first-order chi connectivity index (χ1) is 13.2. The van der Waals surface area contributed by atoms with Crippen LogP contribution in [0.15, 0.2) is 53.5 Å². The predicted molar refractivity (Wildman–Crippen MR) is 116 cm³/mol. The number of benzene rings is 2. The average Bonchev–Trinajstić information content (AvgIpc) is 3.17. The molecule has 2 heterocycles. The number of pyridine rings is 1. The summed E-state index contributed by atoms with van der Waals surface area (Å²) in [6, 6.07) is 14.0. The molecule has 0 atom stereocenters. The van der Waals surface area contributed by atoms with Gasteiger partial charge in [0.25, 0.3) is 5.56 Å². The number of ether oxygens (including phenoxy) is 1. The van der Waals surface area contributed by atoms with Crippen LogP contribution in [0.2, 0.25) is 0 Å². The minimum absolute atomic E-state index is 0.0555. The normalized spacial score (nSPS) is 10.0. The molecule has 142 valence electrons. The summed E-state index contributed by atoms with van der Waals surface area (Å²) in [5.74, 6) is 0.852. The molecule has 4 rings (SSSR count). The number of aryl methyl sites for hydroxylation is 1. The fraction of sp³-hybridized carbons (Fsp3) is 0.273. The van der Waals surface area contributed by atoms with Gasteiger partial charge in [0, 0.05) is 17.5 Å². The average molecular weight is 384 g/mol. The fourth-order valence-corrected chi connectivity index (χ4v) is 3.61. The van der Waals surface area contributed by atoms with E-state index in [1.165, 1.54) is 22.3 Å². The van der Waals surface area contributed by atoms with E-state index >= 15 is 0 Å². The van der Waals surface area contributed by atoms with Crippen molar-refractivity contribution in [2.45, 2.75) is 27.7 Å². The minimum Gasteiger partial charge on any atom is -0.497 e. The zero-order valence-electron chi connectivity index (χ0n) is 16.8. The van der Waals surface area contributed by atoms with E-state index in [1.807, 2.05) is 46.9 Å². The molecule has 4 nitrogen and oxygen atoms in total. The molecular weight excluding hydrogens is 356 g/mol. The van der Waals surface area contributed by atoms with Crippen molar-refractivity contribution in [2.75, 3.05) is 7.11 Å². The predicted octanol–water partition coefficient (Wildman–Crippen LogP) is 5.30. The van der Waals surface area contributed by atoms with Crippen LogP contribution in [0.25, 0.3) is 32.1 Å².